The zero-order chi connectivity index (χ0) is 13.3. The van der Waals surface area contributed by atoms with Gasteiger partial charge in [-0.1, -0.05) is 13.8 Å². The number of nitrogens with one attached hydrogen (secondary N) is 1. The summed E-state index contributed by atoms with van der Waals surface area (Å²) < 4.78 is 0. The summed E-state index contributed by atoms with van der Waals surface area (Å²) in [6.07, 6.45) is 1.95. The fraction of sp³-hybridized carbons (Fsp3) is 0.462. The van der Waals surface area contributed by atoms with Crippen molar-refractivity contribution < 1.29 is 9.59 Å². The number of imide groups is 1. The first-order chi connectivity index (χ1) is 8.44. The molecule has 0 saturated carbocycles. The second-order valence-corrected chi connectivity index (χ2v) is 5.15. The Morgan fingerprint density at radius 1 is 1.44 bits per heavy atom. The topological polar surface area (TPSA) is 62.3 Å². The smallest absolute Gasteiger partial charge is 0.235 e. The van der Waals surface area contributed by atoms with Crippen LogP contribution in [0.3, 0.4) is 0 Å². The fourth-order valence-corrected chi connectivity index (χ4v) is 2.08. The highest BCUT2D eigenvalue weighted by Gasteiger charge is 2.44. The molecule has 1 aromatic heterocycles. The monoisotopic (exact) mass is 247 g/mol. The molecule has 0 bridgehead atoms. The van der Waals surface area contributed by atoms with Crippen LogP contribution in [0.5, 0.6) is 0 Å². The zero-order valence-electron chi connectivity index (χ0n) is 10.9. The summed E-state index contributed by atoms with van der Waals surface area (Å²) in [5, 5.41) is 2.93. The molecule has 0 radical (unpaired) electrons. The van der Waals surface area contributed by atoms with E-state index in [1.807, 2.05) is 12.1 Å². The Balaban J connectivity index is 2.19. The van der Waals surface area contributed by atoms with E-state index >= 15 is 0 Å². The average Bonchev–Trinajstić information content (AvgIpc) is 2.52. The Labute approximate surface area is 106 Å². The molecule has 1 fully saturated rings. The highest BCUT2D eigenvalue weighted by molar-refractivity contribution is 6.05. The number of amides is 2. The van der Waals surface area contributed by atoms with Crippen LogP contribution in [0.2, 0.25) is 0 Å². The van der Waals surface area contributed by atoms with E-state index in [4.69, 9.17) is 0 Å². The lowest BCUT2D eigenvalue weighted by atomic mass is 9.92. The number of aromatic nitrogens is 1. The maximum absolute atomic E-state index is 12.1. The molecule has 2 amide bonds. The molecule has 1 aromatic rings. The molecule has 1 aliphatic heterocycles. The number of pyridine rings is 1. The largest absolute Gasteiger partial charge is 0.373 e. The summed E-state index contributed by atoms with van der Waals surface area (Å²) in [6.45, 7) is 3.93. The Hall–Kier alpha value is -1.91. The molecule has 2 rings (SSSR count). The fourth-order valence-electron chi connectivity index (χ4n) is 2.08. The molecule has 18 heavy (non-hydrogen) atoms. The quantitative estimate of drug-likeness (QED) is 0.820. The van der Waals surface area contributed by atoms with Gasteiger partial charge >= 0.3 is 0 Å². The van der Waals surface area contributed by atoms with Crippen LogP contribution in [0, 0.1) is 5.41 Å². The van der Waals surface area contributed by atoms with Crippen molar-refractivity contribution in [3.8, 4) is 0 Å². The molecule has 1 aliphatic rings. The van der Waals surface area contributed by atoms with Crippen LogP contribution in [0.25, 0.3) is 0 Å². The number of carbonyl (C=O) groups excluding carboxylic acids is 2. The maximum Gasteiger partial charge on any atom is 0.235 e. The molecule has 1 N–H and O–H groups in total. The molecular formula is C13H17N3O2. The van der Waals surface area contributed by atoms with Gasteiger partial charge in [-0.2, -0.15) is 0 Å². The first-order valence-electron chi connectivity index (χ1n) is 5.91. The third-order valence-corrected chi connectivity index (χ3v) is 3.14. The summed E-state index contributed by atoms with van der Waals surface area (Å²) >= 11 is 0. The maximum atomic E-state index is 12.1. The number of nitrogens with zero attached hydrogens (tertiary/aromatic N) is 2. The van der Waals surface area contributed by atoms with Crippen LogP contribution >= 0.6 is 0 Å². The summed E-state index contributed by atoms with van der Waals surface area (Å²) in [5.41, 5.74) is 0.324. The lowest BCUT2D eigenvalue weighted by Gasteiger charge is -2.17. The Kier molecular flexibility index (Phi) is 3.07. The SMILES string of the molecule is CNc1cc(CN2C(=O)CC(C)(C)C2=O)ccn1. The number of hydrogen-bond donors (Lipinski definition) is 1. The molecule has 2 heterocycles. The molecule has 0 spiro atoms. The molecule has 96 valence electrons. The molecule has 0 aliphatic carbocycles. The summed E-state index contributed by atoms with van der Waals surface area (Å²) in [6, 6.07) is 3.65. The van der Waals surface area contributed by atoms with Gasteiger partial charge in [-0.15, -0.1) is 0 Å². The van der Waals surface area contributed by atoms with Crippen molar-refractivity contribution in [2.24, 2.45) is 5.41 Å². The second-order valence-electron chi connectivity index (χ2n) is 5.15. The van der Waals surface area contributed by atoms with E-state index in [9.17, 15) is 9.59 Å². The number of hydrogen-bond acceptors (Lipinski definition) is 4. The van der Waals surface area contributed by atoms with Gasteiger partial charge < -0.3 is 5.32 Å². The van der Waals surface area contributed by atoms with Crippen molar-refractivity contribution in [2.45, 2.75) is 26.8 Å². The van der Waals surface area contributed by atoms with Crippen LogP contribution in [0.4, 0.5) is 5.82 Å². The van der Waals surface area contributed by atoms with E-state index in [2.05, 4.69) is 10.3 Å². The van der Waals surface area contributed by atoms with Crippen LogP contribution < -0.4 is 5.32 Å². The minimum atomic E-state index is -0.573. The molecule has 5 heteroatoms. The van der Waals surface area contributed by atoms with E-state index in [0.717, 1.165) is 11.4 Å². The number of likely N-dealkylation sites (tertiary alicyclic amines) is 1. The summed E-state index contributed by atoms with van der Waals surface area (Å²) in [4.78, 5) is 29.3. The van der Waals surface area contributed by atoms with Gasteiger partial charge in [0.1, 0.15) is 5.82 Å². The molecule has 0 aromatic carbocycles. The van der Waals surface area contributed by atoms with Crippen molar-refractivity contribution in [3.05, 3.63) is 23.9 Å². The van der Waals surface area contributed by atoms with Crippen molar-refractivity contribution in [1.29, 1.82) is 0 Å². The molecular weight excluding hydrogens is 230 g/mol. The number of carbonyl (C=O) groups is 2. The predicted molar refractivity (Wildman–Crippen MR) is 67.7 cm³/mol. The minimum Gasteiger partial charge on any atom is -0.373 e. The first kappa shape index (κ1) is 12.5. The van der Waals surface area contributed by atoms with E-state index in [0.29, 0.717) is 6.54 Å². The minimum absolute atomic E-state index is 0.102. The van der Waals surface area contributed by atoms with Crippen LogP contribution in [0.1, 0.15) is 25.8 Å². The van der Waals surface area contributed by atoms with Crippen molar-refractivity contribution in [1.82, 2.24) is 9.88 Å². The van der Waals surface area contributed by atoms with Gasteiger partial charge in [-0.3, -0.25) is 14.5 Å². The van der Waals surface area contributed by atoms with Gasteiger partial charge in [-0.05, 0) is 17.7 Å². The molecule has 1 saturated heterocycles. The third kappa shape index (κ3) is 2.20. The predicted octanol–water partition coefficient (Wildman–Crippen LogP) is 1.41. The third-order valence-electron chi connectivity index (χ3n) is 3.14. The van der Waals surface area contributed by atoms with E-state index in [1.165, 1.54) is 4.90 Å². The molecule has 5 nitrogen and oxygen atoms in total. The number of anilines is 1. The van der Waals surface area contributed by atoms with E-state index in [1.54, 1.807) is 27.1 Å². The van der Waals surface area contributed by atoms with Crippen LogP contribution in [-0.2, 0) is 16.1 Å². The highest BCUT2D eigenvalue weighted by Crippen LogP contribution is 2.32. The standard InChI is InChI=1S/C13H17N3O2/c1-13(2)7-11(17)16(12(13)18)8-9-4-5-15-10(6-9)14-3/h4-6H,7-8H2,1-3H3,(H,14,15). The van der Waals surface area contributed by atoms with Crippen molar-refractivity contribution in [3.63, 3.8) is 0 Å². The number of rotatable bonds is 3. The van der Waals surface area contributed by atoms with Crippen LogP contribution in [0.15, 0.2) is 18.3 Å². The van der Waals surface area contributed by atoms with E-state index < -0.39 is 5.41 Å². The van der Waals surface area contributed by atoms with Gasteiger partial charge in [0.25, 0.3) is 0 Å². The summed E-state index contributed by atoms with van der Waals surface area (Å²) in [5.74, 6) is 0.522. The lowest BCUT2D eigenvalue weighted by molar-refractivity contribution is -0.141. The normalized spacial score (nSPS) is 18.3. The molecule has 0 unspecified atom stereocenters. The van der Waals surface area contributed by atoms with Gasteiger partial charge in [0.05, 0.1) is 12.0 Å². The Bertz CT molecular complexity index is 497. The van der Waals surface area contributed by atoms with Crippen molar-refractivity contribution in [2.75, 3.05) is 12.4 Å². The van der Waals surface area contributed by atoms with Gasteiger partial charge in [0, 0.05) is 19.7 Å². The van der Waals surface area contributed by atoms with E-state index in [-0.39, 0.29) is 18.2 Å². The van der Waals surface area contributed by atoms with Crippen molar-refractivity contribution >= 4 is 17.6 Å². The Morgan fingerprint density at radius 3 is 2.72 bits per heavy atom. The average molecular weight is 247 g/mol. The molecule has 0 atom stereocenters. The van der Waals surface area contributed by atoms with Gasteiger partial charge in [0.15, 0.2) is 0 Å². The second kappa shape index (κ2) is 4.40. The zero-order valence-corrected chi connectivity index (χ0v) is 10.9. The summed E-state index contributed by atoms with van der Waals surface area (Å²) in [7, 11) is 1.78. The van der Waals surface area contributed by atoms with Gasteiger partial charge in [-0.25, -0.2) is 4.98 Å². The van der Waals surface area contributed by atoms with Crippen LogP contribution in [-0.4, -0.2) is 28.7 Å². The lowest BCUT2D eigenvalue weighted by Crippen LogP contribution is -2.32. The highest BCUT2D eigenvalue weighted by atomic mass is 16.2. The first-order valence-corrected chi connectivity index (χ1v) is 5.91. The Morgan fingerprint density at radius 2 is 2.17 bits per heavy atom. The van der Waals surface area contributed by atoms with Gasteiger partial charge in [0.2, 0.25) is 11.8 Å².